The number of rotatable bonds is 10. The molecule has 0 aliphatic rings. The first-order valence-electron chi connectivity index (χ1n) is 12.8. The predicted molar refractivity (Wildman–Crippen MR) is 160 cm³/mol. The average Bonchev–Trinajstić information content (AvgIpc) is 2.93. The van der Waals surface area contributed by atoms with Crippen molar-refractivity contribution >= 4 is 50.3 Å². The number of nitrogens with one attached hydrogen (secondary N) is 1. The third kappa shape index (κ3) is 6.77. The molecular weight excluding hydrogens is 594 g/mol. The Morgan fingerprint density at radius 1 is 1.20 bits per heavy atom. The minimum absolute atomic E-state index is 0.0591. The van der Waals surface area contributed by atoms with Crippen molar-refractivity contribution in [3.8, 4) is 11.5 Å². The number of carbonyl (C=O) groups excluding carboxylic acids is 1. The van der Waals surface area contributed by atoms with Crippen LogP contribution in [-0.2, 0) is 4.79 Å². The minimum atomic E-state index is -0.630. The second-order valence-corrected chi connectivity index (χ2v) is 10.3. The number of hydrogen-bond donors (Lipinski definition) is 1. The van der Waals surface area contributed by atoms with Gasteiger partial charge in [0.15, 0.2) is 12.4 Å². The van der Waals surface area contributed by atoms with Gasteiger partial charge in [0, 0.05) is 27.7 Å². The molecule has 3 aromatic carbocycles. The molecule has 0 aliphatic carbocycles. The monoisotopic (exact) mass is 621 g/mol. The van der Waals surface area contributed by atoms with Crippen LogP contribution < -0.4 is 20.3 Å². The number of benzene rings is 3. The van der Waals surface area contributed by atoms with Gasteiger partial charge in [-0.05, 0) is 49.7 Å². The highest BCUT2D eigenvalue weighted by atomic mass is 79.9. The molecule has 212 valence electrons. The quantitative estimate of drug-likeness (QED) is 0.134. The van der Waals surface area contributed by atoms with Gasteiger partial charge in [-0.2, -0.15) is 9.78 Å². The molecule has 12 heteroatoms. The summed E-state index contributed by atoms with van der Waals surface area (Å²) in [4.78, 5) is 41.9. The van der Waals surface area contributed by atoms with Gasteiger partial charge in [0.1, 0.15) is 5.82 Å². The molecule has 0 spiro atoms. The minimum Gasteiger partial charge on any atom is -0.490 e. The van der Waals surface area contributed by atoms with Gasteiger partial charge in [-0.1, -0.05) is 48.0 Å². The number of anilines is 1. The zero-order valence-electron chi connectivity index (χ0n) is 22.9. The number of ether oxygens (including phenoxy) is 2. The number of aryl methyl sites for hydroxylation is 1. The summed E-state index contributed by atoms with van der Waals surface area (Å²) in [5.41, 5.74) is 1.50. The molecule has 1 aromatic heterocycles. The first-order chi connectivity index (χ1) is 19.6. The molecule has 0 fully saturated rings. The Morgan fingerprint density at radius 2 is 1.95 bits per heavy atom. The number of para-hydroxylation sites is 1. The number of nitro groups is 1. The Bertz CT molecular complexity index is 1720. The van der Waals surface area contributed by atoms with Crippen molar-refractivity contribution in [2.24, 2.45) is 5.10 Å². The van der Waals surface area contributed by atoms with Crippen LogP contribution in [0.25, 0.3) is 10.9 Å². The van der Waals surface area contributed by atoms with Crippen molar-refractivity contribution in [3.63, 3.8) is 0 Å². The van der Waals surface area contributed by atoms with Crippen molar-refractivity contribution < 1.29 is 19.2 Å². The number of amides is 1. The normalized spacial score (nSPS) is 11.3. The van der Waals surface area contributed by atoms with Gasteiger partial charge >= 0.3 is 5.69 Å². The number of fused-ring (bicyclic) bond motifs is 1. The molecule has 0 saturated heterocycles. The Hall–Kier alpha value is -4.58. The Balaban J connectivity index is 1.69. The summed E-state index contributed by atoms with van der Waals surface area (Å²) >= 11 is 3.38. The lowest BCUT2D eigenvalue weighted by atomic mass is 10.1. The van der Waals surface area contributed by atoms with E-state index in [1.165, 1.54) is 23.0 Å². The highest BCUT2D eigenvalue weighted by Gasteiger charge is 2.24. The van der Waals surface area contributed by atoms with Gasteiger partial charge in [-0.15, -0.1) is 0 Å². The Morgan fingerprint density at radius 3 is 2.63 bits per heavy atom. The summed E-state index contributed by atoms with van der Waals surface area (Å²) in [6.07, 6.45) is 1.32. The first kappa shape index (κ1) is 29.4. The smallest absolute Gasteiger partial charge is 0.315 e. The van der Waals surface area contributed by atoms with Crippen molar-refractivity contribution in [2.75, 3.05) is 18.5 Å². The van der Waals surface area contributed by atoms with Crippen molar-refractivity contribution in [1.29, 1.82) is 0 Å². The third-order valence-electron chi connectivity index (χ3n) is 5.99. The molecule has 1 amide bonds. The number of aromatic nitrogens is 2. The molecule has 0 atom stereocenters. The molecule has 0 unspecified atom stereocenters. The third-order valence-corrected chi connectivity index (χ3v) is 6.49. The SMILES string of the molecule is CCOc1cc(C=Nn2c(C(C)C)nc3ccc(Br)cc3c2=O)cc([N+](=O)[O-])c1OCC(=O)Nc1ccccc1C. The van der Waals surface area contributed by atoms with E-state index in [0.29, 0.717) is 22.4 Å². The largest absolute Gasteiger partial charge is 0.490 e. The lowest BCUT2D eigenvalue weighted by molar-refractivity contribution is -0.385. The van der Waals surface area contributed by atoms with Gasteiger partial charge in [0.2, 0.25) is 5.75 Å². The van der Waals surface area contributed by atoms with E-state index in [0.717, 1.165) is 10.0 Å². The van der Waals surface area contributed by atoms with Crippen LogP contribution in [0.15, 0.2) is 69.0 Å². The van der Waals surface area contributed by atoms with E-state index in [-0.39, 0.29) is 35.1 Å². The lowest BCUT2D eigenvalue weighted by Crippen LogP contribution is -2.23. The summed E-state index contributed by atoms with van der Waals surface area (Å²) < 4.78 is 13.2. The molecule has 11 nitrogen and oxygen atoms in total. The fraction of sp³-hybridized carbons (Fsp3) is 0.241. The van der Waals surface area contributed by atoms with Crippen LogP contribution in [0.2, 0.25) is 0 Å². The van der Waals surface area contributed by atoms with Gasteiger partial charge in [0.25, 0.3) is 11.5 Å². The number of halogens is 1. The molecule has 1 heterocycles. The summed E-state index contributed by atoms with van der Waals surface area (Å²) in [7, 11) is 0. The van der Waals surface area contributed by atoms with Crippen LogP contribution in [0.1, 0.15) is 43.6 Å². The summed E-state index contributed by atoms with van der Waals surface area (Å²) in [6, 6.07) is 15.2. The maximum atomic E-state index is 13.3. The second kappa shape index (κ2) is 12.7. The maximum Gasteiger partial charge on any atom is 0.315 e. The van der Waals surface area contributed by atoms with Gasteiger partial charge < -0.3 is 14.8 Å². The summed E-state index contributed by atoms with van der Waals surface area (Å²) in [5.74, 6) is -0.323. The molecule has 41 heavy (non-hydrogen) atoms. The van der Waals surface area contributed by atoms with Crippen LogP contribution in [-0.4, -0.2) is 39.9 Å². The van der Waals surface area contributed by atoms with Crippen LogP contribution in [0.5, 0.6) is 11.5 Å². The van der Waals surface area contributed by atoms with Crippen molar-refractivity contribution in [1.82, 2.24) is 9.66 Å². The number of nitro benzene ring substituents is 1. The van der Waals surface area contributed by atoms with Crippen molar-refractivity contribution in [2.45, 2.75) is 33.6 Å². The van der Waals surface area contributed by atoms with Crippen LogP contribution in [0.4, 0.5) is 11.4 Å². The number of nitrogens with zero attached hydrogens (tertiary/aromatic N) is 4. The zero-order chi connectivity index (χ0) is 29.7. The highest BCUT2D eigenvalue weighted by molar-refractivity contribution is 9.10. The molecule has 4 rings (SSSR count). The molecule has 0 saturated carbocycles. The lowest BCUT2D eigenvalue weighted by Gasteiger charge is -2.14. The van der Waals surface area contributed by atoms with Gasteiger partial charge in [-0.3, -0.25) is 19.7 Å². The highest BCUT2D eigenvalue weighted by Crippen LogP contribution is 2.38. The maximum absolute atomic E-state index is 13.3. The standard InChI is InChI=1S/C29H28BrN5O6/c1-5-40-25-13-19(15-31-34-28(17(2)3)33-23-11-10-20(30)14-21(23)29(34)37)12-24(35(38)39)27(25)41-16-26(36)32-22-9-7-6-8-18(22)4/h6-15,17H,5,16H2,1-4H3,(H,32,36). The van der Waals surface area contributed by atoms with E-state index in [9.17, 15) is 19.7 Å². The van der Waals surface area contributed by atoms with E-state index >= 15 is 0 Å². The fourth-order valence-corrected chi connectivity index (χ4v) is 4.40. The first-order valence-corrected chi connectivity index (χ1v) is 13.6. The van der Waals surface area contributed by atoms with Gasteiger partial charge in [-0.25, -0.2) is 4.98 Å². The molecule has 0 aliphatic heterocycles. The van der Waals surface area contributed by atoms with Gasteiger partial charge in [0.05, 0.1) is 28.6 Å². The number of carbonyl (C=O) groups is 1. The summed E-state index contributed by atoms with van der Waals surface area (Å²) in [5, 5.41) is 19.5. The van der Waals surface area contributed by atoms with E-state index in [1.54, 1.807) is 37.3 Å². The molecule has 0 bridgehead atoms. The van der Waals surface area contributed by atoms with E-state index < -0.39 is 23.1 Å². The van der Waals surface area contributed by atoms with E-state index in [4.69, 9.17) is 9.47 Å². The average molecular weight is 622 g/mol. The molecule has 1 N–H and O–H groups in total. The Labute approximate surface area is 244 Å². The van der Waals surface area contributed by atoms with E-state index in [1.807, 2.05) is 32.9 Å². The molecule has 0 radical (unpaired) electrons. The summed E-state index contributed by atoms with van der Waals surface area (Å²) in [6.45, 7) is 7.04. The van der Waals surface area contributed by atoms with Crippen molar-refractivity contribution in [3.05, 3.63) is 96.5 Å². The topological polar surface area (TPSA) is 138 Å². The second-order valence-electron chi connectivity index (χ2n) is 9.36. The Kier molecular flexibility index (Phi) is 9.13. The van der Waals surface area contributed by atoms with Crippen LogP contribution >= 0.6 is 15.9 Å². The fourth-order valence-electron chi connectivity index (χ4n) is 4.04. The number of hydrogen-bond acceptors (Lipinski definition) is 8. The van der Waals surface area contributed by atoms with Crippen LogP contribution in [0, 0.1) is 17.0 Å². The zero-order valence-corrected chi connectivity index (χ0v) is 24.5. The molecular formula is C29H28BrN5O6. The van der Waals surface area contributed by atoms with Crippen LogP contribution in [0.3, 0.4) is 0 Å². The molecule has 4 aromatic rings. The van der Waals surface area contributed by atoms with E-state index in [2.05, 4.69) is 31.3 Å². The predicted octanol–water partition coefficient (Wildman–Crippen LogP) is 5.80.